The van der Waals surface area contributed by atoms with Crippen LogP contribution in [0.5, 0.6) is 0 Å². The zero-order valence-corrected chi connectivity index (χ0v) is 16.7. The average molecular weight is 455 g/mol. The summed E-state index contributed by atoms with van der Waals surface area (Å²) in [4.78, 5) is 24.9. The number of halogens is 3. The zero-order chi connectivity index (χ0) is 18.8. The molecular formula is C18H14BrCl2N3O2. The second-order valence-corrected chi connectivity index (χ2v) is 7.40. The maximum atomic E-state index is 12.9. The van der Waals surface area contributed by atoms with Gasteiger partial charge in [-0.2, -0.15) is 0 Å². The third-order valence-corrected chi connectivity index (χ3v) is 5.09. The van der Waals surface area contributed by atoms with Gasteiger partial charge in [-0.15, -0.1) is 0 Å². The lowest BCUT2D eigenvalue weighted by atomic mass is 9.94. The van der Waals surface area contributed by atoms with E-state index in [2.05, 4.69) is 31.9 Å². The molecule has 0 saturated carbocycles. The molecule has 0 radical (unpaired) electrons. The largest absolute Gasteiger partial charge is 0.327 e. The highest BCUT2D eigenvalue weighted by Crippen LogP contribution is 2.36. The molecule has 134 valence electrons. The first-order valence-corrected chi connectivity index (χ1v) is 9.21. The van der Waals surface area contributed by atoms with Crippen molar-refractivity contribution in [2.75, 3.05) is 5.32 Å². The summed E-state index contributed by atoms with van der Waals surface area (Å²) < 4.78 is 0.901. The summed E-state index contributed by atoms with van der Waals surface area (Å²) in [5.74, 6) is -0.363. The number of rotatable bonds is 3. The SMILES string of the molecule is CC1=C(C(=O)Nc2ccc(Br)cc2)[C@H](c2c(Cl)cccc2Cl)NC(=O)N1. The van der Waals surface area contributed by atoms with E-state index in [-0.39, 0.29) is 5.91 Å². The molecule has 0 spiro atoms. The molecule has 0 fully saturated rings. The van der Waals surface area contributed by atoms with Gasteiger partial charge in [-0.05, 0) is 43.3 Å². The Morgan fingerprint density at radius 1 is 1.12 bits per heavy atom. The summed E-state index contributed by atoms with van der Waals surface area (Å²) >= 11 is 15.9. The van der Waals surface area contributed by atoms with Crippen LogP contribution in [0.25, 0.3) is 0 Å². The molecule has 0 bridgehead atoms. The normalized spacial score (nSPS) is 16.8. The summed E-state index contributed by atoms with van der Waals surface area (Å²) in [5, 5.41) is 8.91. The Morgan fingerprint density at radius 3 is 2.35 bits per heavy atom. The number of allylic oxidation sites excluding steroid dienone is 1. The quantitative estimate of drug-likeness (QED) is 0.609. The molecule has 26 heavy (non-hydrogen) atoms. The van der Waals surface area contributed by atoms with Gasteiger partial charge in [0.15, 0.2) is 0 Å². The second-order valence-electron chi connectivity index (χ2n) is 5.67. The van der Waals surface area contributed by atoms with Crippen molar-refractivity contribution >= 4 is 56.8 Å². The molecule has 1 heterocycles. The maximum Gasteiger partial charge on any atom is 0.319 e. The van der Waals surface area contributed by atoms with E-state index >= 15 is 0 Å². The summed E-state index contributed by atoms with van der Waals surface area (Å²) in [6.45, 7) is 1.66. The Bertz CT molecular complexity index is 893. The van der Waals surface area contributed by atoms with Gasteiger partial charge in [0.25, 0.3) is 5.91 Å². The lowest BCUT2D eigenvalue weighted by Crippen LogP contribution is -2.46. The van der Waals surface area contributed by atoms with Crippen LogP contribution in [0.15, 0.2) is 58.2 Å². The van der Waals surface area contributed by atoms with Crippen molar-refractivity contribution in [1.82, 2.24) is 10.6 Å². The predicted octanol–water partition coefficient (Wildman–Crippen LogP) is 5.02. The van der Waals surface area contributed by atoms with E-state index in [0.29, 0.717) is 32.6 Å². The molecule has 2 aromatic rings. The van der Waals surface area contributed by atoms with E-state index < -0.39 is 12.1 Å². The molecular weight excluding hydrogens is 441 g/mol. The number of hydrogen-bond acceptors (Lipinski definition) is 2. The lowest BCUT2D eigenvalue weighted by molar-refractivity contribution is -0.113. The third-order valence-electron chi connectivity index (χ3n) is 3.90. The Kier molecular flexibility index (Phi) is 5.55. The molecule has 0 saturated heterocycles. The number of carbonyl (C=O) groups is 2. The number of benzene rings is 2. The summed E-state index contributed by atoms with van der Waals surface area (Å²) in [5.41, 5.74) is 1.87. The molecule has 1 aliphatic rings. The van der Waals surface area contributed by atoms with Gasteiger partial charge in [-0.1, -0.05) is 45.2 Å². The lowest BCUT2D eigenvalue weighted by Gasteiger charge is -2.29. The fraction of sp³-hybridized carbons (Fsp3) is 0.111. The van der Waals surface area contributed by atoms with Crippen LogP contribution in [0.4, 0.5) is 10.5 Å². The van der Waals surface area contributed by atoms with Crippen LogP contribution in [0.3, 0.4) is 0 Å². The van der Waals surface area contributed by atoms with Gasteiger partial charge < -0.3 is 16.0 Å². The van der Waals surface area contributed by atoms with Gasteiger partial charge >= 0.3 is 6.03 Å². The molecule has 0 aromatic heterocycles. The molecule has 3 amide bonds. The van der Waals surface area contributed by atoms with Crippen molar-refractivity contribution in [3.63, 3.8) is 0 Å². The van der Waals surface area contributed by atoms with E-state index in [1.807, 2.05) is 12.1 Å². The van der Waals surface area contributed by atoms with E-state index in [1.54, 1.807) is 37.3 Å². The minimum absolute atomic E-state index is 0.336. The predicted molar refractivity (Wildman–Crippen MR) is 106 cm³/mol. The maximum absolute atomic E-state index is 12.9. The average Bonchev–Trinajstić information content (AvgIpc) is 2.56. The summed E-state index contributed by atoms with van der Waals surface area (Å²) in [7, 11) is 0. The van der Waals surface area contributed by atoms with Crippen LogP contribution < -0.4 is 16.0 Å². The number of hydrogen-bond donors (Lipinski definition) is 3. The fourth-order valence-corrected chi connectivity index (χ4v) is 3.61. The van der Waals surface area contributed by atoms with Crippen LogP contribution in [0.2, 0.25) is 10.0 Å². The number of amides is 3. The highest BCUT2D eigenvalue weighted by atomic mass is 79.9. The third kappa shape index (κ3) is 3.87. The van der Waals surface area contributed by atoms with Crippen LogP contribution >= 0.6 is 39.1 Å². The van der Waals surface area contributed by atoms with E-state index in [4.69, 9.17) is 23.2 Å². The van der Waals surface area contributed by atoms with Crippen molar-refractivity contribution in [1.29, 1.82) is 0 Å². The van der Waals surface area contributed by atoms with Gasteiger partial charge in [-0.3, -0.25) is 4.79 Å². The van der Waals surface area contributed by atoms with E-state index in [1.165, 1.54) is 0 Å². The Morgan fingerprint density at radius 2 is 1.73 bits per heavy atom. The van der Waals surface area contributed by atoms with Crippen LogP contribution in [-0.2, 0) is 4.79 Å². The van der Waals surface area contributed by atoms with Crippen molar-refractivity contribution in [2.24, 2.45) is 0 Å². The fourth-order valence-electron chi connectivity index (χ4n) is 2.73. The van der Waals surface area contributed by atoms with Crippen molar-refractivity contribution < 1.29 is 9.59 Å². The molecule has 3 rings (SSSR count). The highest BCUT2D eigenvalue weighted by Gasteiger charge is 2.33. The second kappa shape index (κ2) is 7.70. The van der Waals surface area contributed by atoms with E-state index in [9.17, 15) is 9.59 Å². The van der Waals surface area contributed by atoms with Crippen LogP contribution in [0, 0.1) is 0 Å². The molecule has 8 heteroatoms. The number of urea groups is 1. The Balaban J connectivity index is 2.00. The molecule has 0 aliphatic carbocycles. The van der Waals surface area contributed by atoms with Gasteiger partial charge in [0.05, 0.1) is 11.6 Å². The van der Waals surface area contributed by atoms with Gasteiger partial charge in [0, 0.05) is 31.5 Å². The highest BCUT2D eigenvalue weighted by molar-refractivity contribution is 9.10. The standard InChI is InChI=1S/C18H14BrCl2N3O2/c1-9-14(17(25)23-11-7-5-10(19)6-8-11)16(24-18(26)22-9)15-12(20)3-2-4-13(15)21/h2-8,16H,1H3,(H,23,25)(H2,22,24,26)/t16-/m1/s1. The van der Waals surface area contributed by atoms with Crippen molar-refractivity contribution in [3.8, 4) is 0 Å². The number of carbonyl (C=O) groups excluding carboxylic acids is 2. The number of nitrogens with one attached hydrogen (secondary N) is 3. The van der Waals surface area contributed by atoms with Crippen molar-refractivity contribution in [2.45, 2.75) is 13.0 Å². The molecule has 2 aromatic carbocycles. The minimum Gasteiger partial charge on any atom is -0.327 e. The van der Waals surface area contributed by atoms with Crippen LogP contribution in [0.1, 0.15) is 18.5 Å². The van der Waals surface area contributed by atoms with Gasteiger partial charge in [0.1, 0.15) is 0 Å². The molecule has 1 aliphatic heterocycles. The topological polar surface area (TPSA) is 70.2 Å². The van der Waals surface area contributed by atoms with Crippen LogP contribution in [-0.4, -0.2) is 11.9 Å². The molecule has 5 nitrogen and oxygen atoms in total. The molecule has 1 atom stereocenters. The zero-order valence-electron chi connectivity index (χ0n) is 13.6. The smallest absolute Gasteiger partial charge is 0.319 e. The first-order chi connectivity index (χ1) is 12.4. The van der Waals surface area contributed by atoms with Gasteiger partial charge in [-0.25, -0.2) is 4.79 Å². The molecule has 0 unspecified atom stereocenters. The van der Waals surface area contributed by atoms with E-state index in [0.717, 1.165) is 4.47 Å². The van der Waals surface area contributed by atoms with Crippen molar-refractivity contribution in [3.05, 3.63) is 73.8 Å². The monoisotopic (exact) mass is 453 g/mol. The Labute approximate surface area is 168 Å². The molecule has 3 N–H and O–H groups in total. The summed E-state index contributed by atoms with van der Waals surface area (Å²) in [6, 6.07) is 11.0. The number of anilines is 1. The summed E-state index contributed by atoms with van der Waals surface area (Å²) in [6.07, 6.45) is 0. The Hall–Kier alpha value is -2.02. The van der Waals surface area contributed by atoms with Gasteiger partial charge in [0.2, 0.25) is 0 Å². The first kappa shape index (κ1) is 18.8. The minimum atomic E-state index is -0.764. The first-order valence-electron chi connectivity index (χ1n) is 7.66.